The Balaban J connectivity index is 1.82. The van der Waals surface area contributed by atoms with Gasteiger partial charge in [-0.1, -0.05) is 37.3 Å². The Bertz CT molecular complexity index is 748. The second-order valence-electron chi connectivity index (χ2n) is 5.19. The molecule has 3 aromatic rings. The van der Waals surface area contributed by atoms with Gasteiger partial charge in [-0.15, -0.1) is 10.2 Å². The van der Waals surface area contributed by atoms with E-state index in [0.29, 0.717) is 12.3 Å². The molecule has 1 aromatic carbocycles. The topological polar surface area (TPSA) is 72.2 Å². The molecule has 0 aliphatic heterocycles. The number of anilines is 1. The lowest BCUT2D eigenvalue weighted by Crippen LogP contribution is -2.13. The van der Waals surface area contributed by atoms with E-state index in [-0.39, 0.29) is 5.91 Å². The van der Waals surface area contributed by atoms with Crippen molar-refractivity contribution in [1.29, 1.82) is 0 Å². The molecular weight excluding hydrogens is 286 g/mol. The molecule has 0 saturated heterocycles. The minimum absolute atomic E-state index is 0.0280. The van der Waals surface area contributed by atoms with E-state index in [1.807, 2.05) is 38.1 Å². The van der Waals surface area contributed by atoms with Gasteiger partial charge in [0.05, 0.1) is 0 Å². The van der Waals surface area contributed by atoms with Crippen LogP contribution in [0.1, 0.15) is 20.3 Å². The van der Waals surface area contributed by atoms with Gasteiger partial charge in [0.2, 0.25) is 10.9 Å². The summed E-state index contributed by atoms with van der Waals surface area (Å²) in [6.45, 7) is 4.05. The lowest BCUT2D eigenvalue weighted by atomic mass is 10.1. The average molecular weight is 301 g/mol. The van der Waals surface area contributed by atoms with Gasteiger partial charge >= 0.3 is 0 Å². The van der Waals surface area contributed by atoms with Crippen LogP contribution in [0.4, 0.5) is 5.69 Å². The lowest BCUT2D eigenvalue weighted by molar-refractivity contribution is -0.116. The highest BCUT2D eigenvalue weighted by molar-refractivity contribution is 7.19. The Morgan fingerprint density at radius 1 is 1.43 bits per heavy atom. The molecule has 0 atom stereocenters. The molecule has 0 aliphatic carbocycles. The van der Waals surface area contributed by atoms with Crippen LogP contribution in [0.25, 0.3) is 15.5 Å². The molecule has 2 heterocycles. The van der Waals surface area contributed by atoms with Gasteiger partial charge < -0.3 is 5.32 Å². The third-order valence-corrected chi connectivity index (χ3v) is 3.84. The Morgan fingerprint density at radius 2 is 2.29 bits per heavy atom. The number of benzene rings is 1. The molecule has 3 rings (SSSR count). The van der Waals surface area contributed by atoms with Crippen molar-refractivity contribution in [2.24, 2.45) is 5.92 Å². The summed E-state index contributed by atoms with van der Waals surface area (Å²) in [7, 11) is 0. The van der Waals surface area contributed by atoms with Crippen LogP contribution in [-0.4, -0.2) is 25.7 Å². The highest BCUT2D eigenvalue weighted by atomic mass is 32.1. The van der Waals surface area contributed by atoms with E-state index in [1.165, 1.54) is 11.3 Å². The van der Waals surface area contributed by atoms with Crippen LogP contribution in [0, 0.1) is 5.92 Å². The van der Waals surface area contributed by atoms with Crippen LogP contribution in [0.15, 0.2) is 30.6 Å². The van der Waals surface area contributed by atoms with Crippen molar-refractivity contribution >= 4 is 27.9 Å². The molecule has 0 radical (unpaired) electrons. The average Bonchev–Trinajstić information content (AvgIpc) is 2.98. The highest BCUT2D eigenvalue weighted by Crippen LogP contribution is 2.26. The number of carbonyl (C=O) groups is 1. The first-order chi connectivity index (χ1) is 10.1. The summed E-state index contributed by atoms with van der Waals surface area (Å²) in [4.78, 5) is 12.6. The van der Waals surface area contributed by atoms with E-state index >= 15 is 0 Å². The number of hydrogen-bond donors (Lipinski definition) is 1. The van der Waals surface area contributed by atoms with E-state index in [9.17, 15) is 4.79 Å². The molecule has 7 heteroatoms. The molecule has 0 aliphatic rings. The van der Waals surface area contributed by atoms with Crippen molar-refractivity contribution in [1.82, 2.24) is 19.8 Å². The zero-order chi connectivity index (χ0) is 14.8. The van der Waals surface area contributed by atoms with E-state index in [0.717, 1.165) is 21.2 Å². The molecule has 0 bridgehead atoms. The van der Waals surface area contributed by atoms with Gasteiger partial charge in [-0.2, -0.15) is 9.61 Å². The fraction of sp³-hybridized carbons (Fsp3) is 0.286. The fourth-order valence-electron chi connectivity index (χ4n) is 1.99. The first-order valence-electron chi connectivity index (χ1n) is 6.69. The van der Waals surface area contributed by atoms with E-state index in [4.69, 9.17) is 0 Å². The maximum atomic E-state index is 11.8. The van der Waals surface area contributed by atoms with Gasteiger partial charge in [-0.05, 0) is 18.1 Å². The standard InChI is InChI=1S/C14H15N5OS/c1-9(2)6-12(20)16-11-5-3-4-10(7-11)13-18-19-8-15-17-14(19)21-13/h3-5,7-9H,6H2,1-2H3,(H,16,20). The van der Waals surface area contributed by atoms with Crippen molar-refractivity contribution in [2.45, 2.75) is 20.3 Å². The second-order valence-corrected chi connectivity index (χ2v) is 6.15. The lowest BCUT2D eigenvalue weighted by Gasteiger charge is -2.07. The third-order valence-electron chi connectivity index (χ3n) is 2.87. The second kappa shape index (κ2) is 5.61. The van der Waals surface area contributed by atoms with Gasteiger partial charge in [0.25, 0.3) is 0 Å². The van der Waals surface area contributed by atoms with Crippen LogP contribution < -0.4 is 5.32 Å². The number of amides is 1. The molecule has 6 nitrogen and oxygen atoms in total. The number of carbonyl (C=O) groups excluding carboxylic acids is 1. The molecule has 1 N–H and O–H groups in total. The van der Waals surface area contributed by atoms with Crippen LogP contribution in [0.3, 0.4) is 0 Å². The van der Waals surface area contributed by atoms with Crippen LogP contribution in [-0.2, 0) is 4.79 Å². The van der Waals surface area contributed by atoms with Crippen molar-refractivity contribution in [2.75, 3.05) is 5.32 Å². The quantitative estimate of drug-likeness (QED) is 0.804. The summed E-state index contributed by atoms with van der Waals surface area (Å²) in [6.07, 6.45) is 2.09. The Hall–Kier alpha value is -2.28. The number of rotatable bonds is 4. The maximum absolute atomic E-state index is 11.8. The first kappa shape index (κ1) is 13.7. The number of nitrogens with one attached hydrogen (secondary N) is 1. The van der Waals surface area contributed by atoms with E-state index in [2.05, 4.69) is 20.6 Å². The molecular formula is C14H15N5OS. The van der Waals surface area contributed by atoms with Gasteiger partial charge in [0.15, 0.2) is 0 Å². The highest BCUT2D eigenvalue weighted by Gasteiger charge is 2.10. The molecule has 0 saturated carbocycles. The van der Waals surface area contributed by atoms with Crippen LogP contribution >= 0.6 is 11.3 Å². The minimum atomic E-state index is 0.0280. The van der Waals surface area contributed by atoms with Crippen LogP contribution in [0.2, 0.25) is 0 Å². The normalized spacial score (nSPS) is 11.2. The van der Waals surface area contributed by atoms with Crippen molar-refractivity contribution < 1.29 is 4.79 Å². The van der Waals surface area contributed by atoms with Crippen molar-refractivity contribution in [3.8, 4) is 10.6 Å². The summed E-state index contributed by atoms with van der Waals surface area (Å²) in [5.41, 5.74) is 1.73. The minimum Gasteiger partial charge on any atom is -0.326 e. The van der Waals surface area contributed by atoms with Gasteiger partial charge in [0.1, 0.15) is 11.3 Å². The number of aromatic nitrogens is 4. The summed E-state index contributed by atoms with van der Waals surface area (Å²) in [6, 6.07) is 7.67. The number of hydrogen-bond acceptors (Lipinski definition) is 5. The summed E-state index contributed by atoms with van der Waals surface area (Å²) in [5, 5.41) is 15.9. The van der Waals surface area contributed by atoms with E-state index < -0.39 is 0 Å². The summed E-state index contributed by atoms with van der Waals surface area (Å²) >= 11 is 1.46. The number of fused-ring (bicyclic) bond motifs is 1. The smallest absolute Gasteiger partial charge is 0.234 e. The SMILES string of the molecule is CC(C)CC(=O)Nc1cccc(-c2nn3cnnc3s2)c1. The Kier molecular flexibility index (Phi) is 3.66. The molecule has 0 fully saturated rings. The third kappa shape index (κ3) is 3.08. The Labute approximate surface area is 125 Å². The van der Waals surface area contributed by atoms with Gasteiger partial charge in [-0.25, -0.2) is 0 Å². The Morgan fingerprint density at radius 3 is 3.05 bits per heavy atom. The molecule has 0 unspecified atom stereocenters. The molecule has 2 aromatic heterocycles. The molecule has 21 heavy (non-hydrogen) atoms. The zero-order valence-electron chi connectivity index (χ0n) is 11.8. The first-order valence-corrected chi connectivity index (χ1v) is 7.50. The molecule has 1 amide bonds. The zero-order valence-corrected chi connectivity index (χ0v) is 12.6. The molecule has 0 spiro atoms. The van der Waals surface area contributed by atoms with Gasteiger partial charge in [0, 0.05) is 17.7 Å². The van der Waals surface area contributed by atoms with Gasteiger partial charge in [-0.3, -0.25) is 4.79 Å². The number of nitrogens with zero attached hydrogens (tertiary/aromatic N) is 4. The largest absolute Gasteiger partial charge is 0.326 e. The summed E-state index contributed by atoms with van der Waals surface area (Å²) in [5.74, 6) is 0.368. The predicted octanol–water partition coefficient (Wildman–Crippen LogP) is 2.84. The maximum Gasteiger partial charge on any atom is 0.234 e. The monoisotopic (exact) mass is 301 g/mol. The fourth-order valence-corrected chi connectivity index (χ4v) is 2.81. The predicted molar refractivity (Wildman–Crippen MR) is 82.2 cm³/mol. The summed E-state index contributed by atoms with van der Waals surface area (Å²) < 4.78 is 1.64. The van der Waals surface area contributed by atoms with Crippen molar-refractivity contribution in [3.63, 3.8) is 0 Å². The molecule has 108 valence electrons. The van der Waals surface area contributed by atoms with Crippen LogP contribution in [0.5, 0.6) is 0 Å². The van der Waals surface area contributed by atoms with E-state index in [1.54, 1.807) is 10.8 Å². The van der Waals surface area contributed by atoms with Crippen molar-refractivity contribution in [3.05, 3.63) is 30.6 Å².